The zero-order chi connectivity index (χ0) is 12.7. The van der Waals surface area contributed by atoms with Crippen LogP contribution in [0.5, 0.6) is 0 Å². The van der Waals surface area contributed by atoms with Crippen LogP contribution >= 0.6 is 11.8 Å². The van der Waals surface area contributed by atoms with Gasteiger partial charge in [0.2, 0.25) is 0 Å². The minimum atomic E-state index is -0.413. The van der Waals surface area contributed by atoms with E-state index in [1.807, 2.05) is 13.2 Å². The van der Waals surface area contributed by atoms with Crippen LogP contribution in [0.2, 0.25) is 0 Å². The quantitative estimate of drug-likeness (QED) is 0.746. The molecule has 0 radical (unpaired) electrons. The van der Waals surface area contributed by atoms with Gasteiger partial charge in [-0.05, 0) is 32.4 Å². The molecule has 1 saturated heterocycles. The van der Waals surface area contributed by atoms with Gasteiger partial charge in [-0.3, -0.25) is 4.79 Å². The number of hydrogen-bond donors (Lipinski definition) is 1. The summed E-state index contributed by atoms with van der Waals surface area (Å²) < 4.78 is 4.98. The molecule has 17 heavy (non-hydrogen) atoms. The molecule has 1 rings (SSSR count). The van der Waals surface area contributed by atoms with Crippen molar-refractivity contribution in [3.8, 4) is 0 Å². The molecule has 0 spiro atoms. The summed E-state index contributed by atoms with van der Waals surface area (Å²) in [6.45, 7) is 4.74. The van der Waals surface area contributed by atoms with Crippen LogP contribution in [0.25, 0.3) is 0 Å². The topological polar surface area (TPSA) is 47.6 Å². The first kappa shape index (κ1) is 14.8. The van der Waals surface area contributed by atoms with Gasteiger partial charge in [0.25, 0.3) is 5.91 Å². The van der Waals surface area contributed by atoms with Gasteiger partial charge in [0, 0.05) is 13.0 Å². The summed E-state index contributed by atoms with van der Waals surface area (Å²) in [6, 6.07) is 0. The maximum Gasteiger partial charge on any atom is 0.259 e. The highest BCUT2D eigenvalue weighted by Crippen LogP contribution is 2.28. The molecular weight excluding hydrogens is 238 g/mol. The lowest BCUT2D eigenvalue weighted by molar-refractivity contribution is -0.201. The number of nitrogens with one attached hydrogen (secondary N) is 1. The van der Waals surface area contributed by atoms with Crippen molar-refractivity contribution in [3.05, 3.63) is 0 Å². The van der Waals surface area contributed by atoms with Crippen molar-refractivity contribution in [3.63, 3.8) is 0 Å². The van der Waals surface area contributed by atoms with E-state index in [4.69, 9.17) is 9.57 Å². The van der Waals surface area contributed by atoms with Crippen molar-refractivity contribution in [2.24, 2.45) is 0 Å². The van der Waals surface area contributed by atoms with Crippen LogP contribution in [-0.2, 0) is 14.4 Å². The van der Waals surface area contributed by atoms with E-state index in [1.54, 1.807) is 11.8 Å². The van der Waals surface area contributed by atoms with Gasteiger partial charge in [0.05, 0.1) is 4.75 Å². The largest absolute Gasteiger partial charge is 0.350 e. The van der Waals surface area contributed by atoms with Crippen LogP contribution < -0.4 is 5.48 Å². The van der Waals surface area contributed by atoms with Crippen LogP contribution in [0.15, 0.2) is 0 Å². The van der Waals surface area contributed by atoms with E-state index in [1.165, 1.54) is 0 Å². The van der Waals surface area contributed by atoms with Gasteiger partial charge >= 0.3 is 0 Å². The van der Waals surface area contributed by atoms with E-state index in [2.05, 4.69) is 12.4 Å². The van der Waals surface area contributed by atoms with Crippen LogP contribution in [0, 0.1) is 0 Å². The number of carbonyl (C=O) groups is 1. The van der Waals surface area contributed by atoms with E-state index < -0.39 is 4.75 Å². The number of rotatable bonds is 6. The summed E-state index contributed by atoms with van der Waals surface area (Å²) in [6.07, 6.45) is 6.51. The molecule has 1 N–H and O–H groups in total. The van der Waals surface area contributed by atoms with Gasteiger partial charge in [-0.2, -0.15) is 0 Å². The fourth-order valence-corrected chi connectivity index (χ4v) is 2.45. The van der Waals surface area contributed by atoms with Crippen molar-refractivity contribution in [2.75, 3.05) is 12.9 Å². The number of thioether (sulfide) groups is 1. The molecule has 1 amide bonds. The third-order valence-electron chi connectivity index (χ3n) is 3.08. The fraction of sp³-hybridized carbons (Fsp3) is 0.917. The molecule has 100 valence electrons. The summed E-state index contributed by atoms with van der Waals surface area (Å²) in [4.78, 5) is 17.3. The number of amides is 1. The van der Waals surface area contributed by atoms with E-state index >= 15 is 0 Å². The SMILES string of the molecule is CCCC(C)(SC)C(=O)NOC1CCCCO1. The Bertz CT molecular complexity index is 244. The van der Waals surface area contributed by atoms with E-state index in [0.717, 1.165) is 38.7 Å². The highest BCUT2D eigenvalue weighted by Gasteiger charge is 2.32. The van der Waals surface area contributed by atoms with Gasteiger partial charge in [0.15, 0.2) is 6.29 Å². The molecule has 0 bridgehead atoms. The van der Waals surface area contributed by atoms with Crippen LogP contribution in [0.1, 0.15) is 46.0 Å². The summed E-state index contributed by atoms with van der Waals surface area (Å²) in [5, 5.41) is 0. The predicted molar refractivity (Wildman–Crippen MR) is 69.6 cm³/mol. The van der Waals surface area contributed by atoms with Crippen LogP contribution in [-0.4, -0.2) is 29.8 Å². The lowest BCUT2D eigenvalue weighted by Gasteiger charge is -2.28. The molecule has 0 aromatic rings. The average molecular weight is 261 g/mol. The maximum absolute atomic E-state index is 12.0. The molecule has 2 unspecified atom stereocenters. The molecule has 0 aromatic heterocycles. The van der Waals surface area contributed by atoms with Gasteiger partial charge in [-0.15, -0.1) is 11.8 Å². The lowest BCUT2D eigenvalue weighted by atomic mass is 10.1. The first-order valence-electron chi connectivity index (χ1n) is 6.25. The van der Waals surface area contributed by atoms with Crippen LogP contribution in [0.4, 0.5) is 0 Å². The number of hydroxylamine groups is 1. The molecule has 5 heteroatoms. The lowest BCUT2D eigenvalue weighted by Crippen LogP contribution is -2.44. The van der Waals surface area contributed by atoms with Crippen LogP contribution in [0.3, 0.4) is 0 Å². The molecule has 1 heterocycles. The van der Waals surface area contributed by atoms with Crippen molar-refractivity contribution in [2.45, 2.75) is 57.0 Å². The Morgan fingerprint density at radius 3 is 2.88 bits per heavy atom. The standard InChI is InChI=1S/C12H23NO3S/c1-4-8-12(2,17-3)11(14)13-16-10-7-5-6-9-15-10/h10H,4-9H2,1-3H3,(H,13,14). The number of ether oxygens (including phenoxy) is 1. The van der Waals surface area contributed by atoms with Crippen molar-refractivity contribution in [1.82, 2.24) is 5.48 Å². The molecule has 1 aliphatic heterocycles. The van der Waals surface area contributed by atoms with Gasteiger partial charge in [-0.25, -0.2) is 10.3 Å². The Labute approximate surface area is 108 Å². The molecule has 4 nitrogen and oxygen atoms in total. The summed E-state index contributed by atoms with van der Waals surface area (Å²) in [7, 11) is 0. The molecular formula is C12H23NO3S. The minimum Gasteiger partial charge on any atom is -0.350 e. The fourth-order valence-electron chi connectivity index (χ4n) is 1.82. The van der Waals surface area contributed by atoms with Crippen molar-refractivity contribution < 1.29 is 14.4 Å². The Balaban J connectivity index is 2.36. The second kappa shape index (κ2) is 7.24. The zero-order valence-electron chi connectivity index (χ0n) is 11.0. The number of hydrogen-bond acceptors (Lipinski definition) is 4. The van der Waals surface area contributed by atoms with Crippen molar-refractivity contribution in [1.29, 1.82) is 0 Å². The normalized spacial score (nSPS) is 24.1. The smallest absolute Gasteiger partial charge is 0.259 e. The maximum atomic E-state index is 12.0. The molecule has 0 aliphatic carbocycles. The third-order valence-corrected chi connectivity index (χ3v) is 4.37. The highest BCUT2D eigenvalue weighted by atomic mass is 32.2. The van der Waals surface area contributed by atoms with E-state index in [9.17, 15) is 4.79 Å². The summed E-state index contributed by atoms with van der Waals surface area (Å²) in [5.74, 6) is -0.0685. The Hall–Kier alpha value is -0.260. The molecule has 0 aromatic carbocycles. The molecule has 0 saturated carbocycles. The first-order valence-corrected chi connectivity index (χ1v) is 7.47. The van der Waals surface area contributed by atoms with Gasteiger partial charge < -0.3 is 4.74 Å². The van der Waals surface area contributed by atoms with Gasteiger partial charge in [0.1, 0.15) is 0 Å². The average Bonchev–Trinajstić information content (AvgIpc) is 2.37. The zero-order valence-corrected chi connectivity index (χ0v) is 11.8. The molecule has 1 fully saturated rings. The Morgan fingerprint density at radius 1 is 1.59 bits per heavy atom. The second-order valence-corrected chi connectivity index (χ2v) is 5.84. The number of carbonyl (C=O) groups excluding carboxylic acids is 1. The van der Waals surface area contributed by atoms with E-state index in [0.29, 0.717) is 0 Å². The Morgan fingerprint density at radius 2 is 2.35 bits per heavy atom. The summed E-state index contributed by atoms with van der Waals surface area (Å²) >= 11 is 1.56. The third kappa shape index (κ3) is 4.48. The monoisotopic (exact) mass is 261 g/mol. The molecule has 2 atom stereocenters. The van der Waals surface area contributed by atoms with Crippen molar-refractivity contribution >= 4 is 17.7 Å². The molecule has 1 aliphatic rings. The van der Waals surface area contributed by atoms with E-state index in [-0.39, 0.29) is 12.2 Å². The predicted octanol–water partition coefficient (Wildman–Crippen LogP) is 2.48. The summed E-state index contributed by atoms with van der Waals surface area (Å²) in [5.41, 5.74) is 2.54. The minimum absolute atomic E-state index is 0.0685. The van der Waals surface area contributed by atoms with Gasteiger partial charge in [-0.1, -0.05) is 13.3 Å². The Kier molecular flexibility index (Phi) is 6.30. The highest BCUT2D eigenvalue weighted by molar-refractivity contribution is 8.00. The second-order valence-electron chi connectivity index (χ2n) is 4.53. The first-order chi connectivity index (χ1) is 8.12.